The number of aryl methyl sites for hydroxylation is 2. The zero-order valence-electron chi connectivity index (χ0n) is 14.4. The molecule has 0 aliphatic rings. The molecule has 1 heterocycles. The Kier molecular flexibility index (Phi) is 5.71. The Morgan fingerprint density at radius 1 is 1.21 bits per heavy atom. The van der Waals surface area contributed by atoms with Crippen LogP contribution in [0, 0.1) is 24.0 Å². The molecule has 2 N–H and O–H groups in total. The number of H-pyrrole nitrogens is 1. The van der Waals surface area contributed by atoms with E-state index >= 15 is 0 Å². The number of aromatic nitrogens is 1. The molecule has 0 saturated heterocycles. The molecule has 0 aliphatic carbocycles. The summed E-state index contributed by atoms with van der Waals surface area (Å²) in [6.07, 6.45) is -8.71. The van der Waals surface area contributed by atoms with E-state index in [9.17, 15) is 37.3 Å². The van der Waals surface area contributed by atoms with Crippen LogP contribution in [0.1, 0.15) is 21.7 Å². The Bertz CT molecular complexity index is 973. The first-order valence-corrected chi connectivity index (χ1v) is 7.58. The molecule has 0 bridgehead atoms. The van der Waals surface area contributed by atoms with Gasteiger partial charge in [0.05, 0.1) is 10.6 Å². The van der Waals surface area contributed by atoms with E-state index in [1.165, 1.54) is 13.8 Å². The Morgan fingerprint density at radius 2 is 1.79 bits per heavy atom. The minimum absolute atomic E-state index is 0.0136. The van der Waals surface area contributed by atoms with Crippen molar-refractivity contribution in [2.75, 3.05) is 5.32 Å². The van der Waals surface area contributed by atoms with Gasteiger partial charge in [-0.25, -0.2) is 0 Å². The van der Waals surface area contributed by atoms with Crippen molar-refractivity contribution in [3.8, 4) is 5.75 Å². The SMILES string of the molecule is Cc1[nH]c(C)c([N+](=O)[O-])c(=O)c1C(=O)Nc1ccc(OC(F)(F)C(F)F)cc1. The molecule has 0 unspecified atom stereocenters. The van der Waals surface area contributed by atoms with E-state index in [4.69, 9.17) is 0 Å². The third kappa shape index (κ3) is 4.27. The van der Waals surface area contributed by atoms with Crippen LogP contribution in [0.5, 0.6) is 5.75 Å². The van der Waals surface area contributed by atoms with Gasteiger partial charge in [0.2, 0.25) is 0 Å². The van der Waals surface area contributed by atoms with Crippen molar-refractivity contribution in [2.45, 2.75) is 26.4 Å². The number of ether oxygens (including phenoxy) is 1. The summed E-state index contributed by atoms with van der Waals surface area (Å²) in [6, 6.07) is 3.95. The van der Waals surface area contributed by atoms with Crippen LogP contribution < -0.4 is 15.5 Å². The highest BCUT2D eigenvalue weighted by atomic mass is 19.3. The summed E-state index contributed by atoms with van der Waals surface area (Å²) < 4.78 is 53.8. The van der Waals surface area contributed by atoms with Gasteiger partial charge in [-0.05, 0) is 38.1 Å². The molecular weight excluding hydrogens is 390 g/mol. The van der Waals surface area contributed by atoms with Crippen LogP contribution in [0.3, 0.4) is 0 Å². The quantitative estimate of drug-likeness (QED) is 0.436. The van der Waals surface area contributed by atoms with E-state index in [0.29, 0.717) is 0 Å². The molecule has 2 aromatic rings. The van der Waals surface area contributed by atoms with Gasteiger partial charge in [-0.1, -0.05) is 0 Å². The zero-order chi connectivity index (χ0) is 21.2. The number of amides is 1. The number of halogens is 4. The summed E-state index contributed by atoms with van der Waals surface area (Å²) in [4.78, 5) is 37.3. The van der Waals surface area contributed by atoms with Crippen LogP contribution in [0.15, 0.2) is 29.1 Å². The number of alkyl halides is 4. The fraction of sp³-hybridized carbons (Fsp3) is 0.250. The smallest absolute Gasteiger partial charge is 0.428 e. The van der Waals surface area contributed by atoms with Gasteiger partial charge < -0.3 is 15.0 Å². The van der Waals surface area contributed by atoms with Crippen molar-refractivity contribution in [3.63, 3.8) is 0 Å². The summed E-state index contributed by atoms with van der Waals surface area (Å²) in [6.45, 7) is 2.68. The van der Waals surface area contributed by atoms with Crippen molar-refractivity contribution < 1.29 is 32.0 Å². The molecule has 1 amide bonds. The number of anilines is 1. The van der Waals surface area contributed by atoms with E-state index in [1.807, 2.05) is 0 Å². The van der Waals surface area contributed by atoms with Gasteiger partial charge in [0.15, 0.2) is 0 Å². The third-order valence-electron chi connectivity index (χ3n) is 3.58. The van der Waals surface area contributed by atoms with Gasteiger partial charge in [-0.2, -0.15) is 17.6 Å². The Labute approximate surface area is 154 Å². The monoisotopic (exact) mass is 403 g/mol. The van der Waals surface area contributed by atoms with E-state index in [1.54, 1.807) is 0 Å². The van der Waals surface area contributed by atoms with E-state index in [0.717, 1.165) is 24.3 Å². The van der Waals surface area contributed by atoms with E-state index in [2.05, 4.69) is 15.0 Å². The zero-order valence-corrected chi connectivity index (χ0v) is 14.4. The predicted octanol–water partition coefficient (Wildman–Crippen LogP) is 3.39. The number of hydrogen-bond acceptors (Lipinski definition) is 5. The second-order valence-corrected chi connectivity index (χ2v) is 5.63. The summed E-state index contributed by atoms with van der Waals surface area (Å²) in [5.74, 6) is -1.56. The number of pyridine rings is 1. The number of carbonyl (C=O) groups excluding carboxylic acids is 1. The second-order valence-electron chi connectivity index (χ2n) is 5.63. The van der Waals surface area contributed by atoms with Crippen LogP contribution in [0.4, 0.5) is 28.9 Å². The molecule has 28 heavy (non-hydrogen) atoms. The molecule has 0 fully saturated rings. The molecular formula is C16H13F4N3O5. The van der Waals surface area contributed by atoms with Gasteiger partial charge >= 0.3 is 18.2 Å². The molecule has 8 nitrogen and oxygen atoms in total. The van der Waals surface area contributed by atoms with Gasteiger partial charge in [0.1, 0.15) is 11.3 Å². The lowest BCUT2D eigenvalue weighted by Crippen LogP contribution is -2.33. The highest BCUT2D eigenvalue weighted by molar-refractivity contribution is 6.05. The molecule has 0 atom stereocenters. The number of aromatic amines is 1. The first kappa shape index (κ1) is 20.9. The first-order valence-electron chi connectivity index (χ1n) is 7.58. The molecule has 2 rings (SSSR count). The van der Waals surface area contributed by atoms with Crippen LogP contribution in [0.2, 0.25) is 0 Å². The lowest BCUT2D eigenvalue weighted by molar-refractivity contribution is -0.386. The predicted molar refractivity (Wildman–Crippen MR) is 89.2 cm³/mol. The van der Waals surface area contributed by atoms with Gasteiger partial charge in [-0.15, -0.1) is 0 Å². The van der Waals surface area contributed by atoms with Crippen LogP contribution in [0.25, 0.3) is 0 Å². The summed E-state index contributed by atoms with van der Waals surface area (Å²) >= 11 is 0. The maximum Gasteiger partial charge on any atom is 0.461 e. The lowest BCUT2D eigenvalue weighted by Gasteiger charge is -2.17. The van der Waals surface area contributed by atoms with Crippen molar-refractivity contribution in [1.82, 2.24) is 4.98 Å². The first-order chi connectivity index (χ1) is 12.9. The Morgan fingerprint density at radius 3 is 2.29 bits per heavy atom. The standard InChI is InChI=1S/C16H13F4N3O5/c1-7-11(13(24)12(23(26)27)8(2)21-7)14(25)22-9-3-5-10(6-4-9)28-16(19,20)15(17)18/h3-6,15H,1-2H3,(H,21,24)(H,22,25). The van der Waals surface area contributed by atoms with Crippen LogP contribution in [-0.2, 0) is 0 Å². The minimum Gasteiger partial charge on any atom is -0.428 e. The summed E-state index contributed by atoms with van der Waals surface area (Å²) in [5.41, 5.74) is -2.30. The number of benzene rings is 1. The number of hydrogen-bond donors (Lipinski definition) is 2. The largest absolute Gasteiger partial charge is 0.461 e. The minimum atomic E-state index is -4.68. The molecule has 0 aliphatic heterocycles. The highest BCUT2D eigenvalue weighted by Crippen LogP contribution is 2.28. The molecule has 1 aromatic carbocycles. The highest BCUT2D eigenvalue weighted by Gasteiger charge is 2.43. The van der Waals surface area contributed by atoms with Gasteiger partial charge in [0.25, 0.3) is 11.3 Å². The number of nitrogens with one attached hydrogen (secondary N) is 2. The Hall–Kier alpha value is -3.44. The van der Waals surface area contributed by atoms with Crippen molar-refractivity contribution in [3.05, 3.63) is 61.6 Å². The maximum atomic E-state index is 12.9. The third-order valence-corrected chi connectivity index (χ3v) is 3.58. The molecule has 0 spiro atoms. The fourth-order valence-corrected chi connectivity index (χ4v) is 2.36. The number of nitrogens with zero attached hydrogens (tertiary/aromatic N) is 1. The van der Waals surface area contributed by atoms with Gasteiger partial charge in [0, 0.05) is 11.4 Å². The Balaban J connectivity index is 2.26. The normalized spacial score (nSPS) is 11.4. The van der Waals surface area contributed by atoms with Crippen molar-refractivity contribution in [1.29, 1.82) is 0 Å². The summed E-state index contributed by atoms with van der Waals surface area (Å²) in [5, 5.41) is 13.3. The fourth-order valence-electron chi connectivity index (χ4n) is 2.36. The van der Waals surface area contributed by atoms with Crippen LogP contribution in [-0.4, -0.2) is 28.3 Å². The number of carbonyl (C=O) groups is 1. The molecule has 1 aromatic heterocycles. The van der Waals surface area contributed by atoms with Crippen molar-refractivity contribution >= 4 is 17.3 Å². The number of nitro groups is 1. The molecule has 150 valence electrons. The summed E-state index contributed by atoms with van der Waals surface area (Å²) in [7, 11) is 0. The van der Waals surface area contributed by atoms with Crippen LogP contribution >= 0.6 is 0 Å². The maximum absolute atomic E-state index is 12.9. The lowest BCUT2D eigenvalue weighted by atomic mass is 10.1. The van der Waals surface area contributed by atoms with Crippen molar-refractivity contribution in [2.24, 2.45) is 0 Å². The topological polar surface area (TPSA) is 114 Å². The number of rotatable bonds is 6. The average Bonchev–Trinajstić information content (AvgIpc) is 2.55. The average molecular weight is 403 g/mol. The molecule has 12 heteroatoms. The second kappa shape index (κ2) is 7.66. The van der Waals surface area contributed by atoms with Gasteiger partial charge in [-0.3, -0.25) is 19.7 Å². The van der Waals surface area contributed by atoms with E-state index < -0.39 is 45.8 Å². The molecule has 0 saturated carbocycles. The molecule has 0 radical (unpaired) electrons. The van der Waals surface area contributed by atoms with E-state index in [-0.39, 0.29) is 17.1 Å².